The van der Waals surface area contributed by atoms with Crippen molar-refractivity contribution in [3.63, 3.8) is 0 Å². The van der Waals surface area contributed by atoms with Crippen molar-refractivity contribution in [2.24, 2.45) is 13.0 Å². The molecule has 0 radical (unpaired) electrons. The zero-order valence-corrected chi connectivity index (χ0v) is 13.1. The van der Waals surface area contributed by atoms with Gasteiger partial charge in [0.1, 0.15) is 5.15 Å². The number of likely N-dealkylation sites (N-methyl/N-ethyl adjacent to an activating group) is 1. The molecule has 2 rings (SSSR count). The lowest BCUT2D eigenvalue weighted by molar-refractivity contribution is 0.402. The topological polar surface area (TPSA) is 64.0 Å². The number of rotatable bonds is 4. The van der Waals surface area contributed by atoms with Gasteiger partial charge < -0.3 is 5.32 Å². The summed E-state index contributed by atoms with van der Waals surface area (Å²) in [5, 5.41) is 8.16. The van der Waals surface area contributed by atoms with Crippen LogP contribution in [0.15, 0.2) is 0 Å². The molecule has 19 heavy (non-hydrogen) atoms. The maximum Gasteiger partial charge on any atom is 0.150 e. The molecule has 2 heterocycles. The number of nitrogens with zero attached hydrogens (tertiary/aromatic N) is 2. The van der Waals surface area contributed by atoms with Crippen molar-refractivity contribution in [1.29, 1.82) is 0 Å². The lowest BCUT2D eigenvalue weighted by Crippen LogP contribution is -2.36. The number of hydrogen-bond donors (Lipinski definition) is 1. The van der Waals surface area contributed by atoms with Crippen molar-refractivity contribution < 1.29 is 8.42 Å². The third kappa shape index (κ3) is 3.12. The van der Waals surface area contributed by atoms with Crippen LogP contribution in [0.5, 0.6) is 0 Å². The summed E-state index contributed by atoms with van der Waals surface area (Å²) in [6, 6.07) is 0.123. The summed E-state index contributed by atoms with van der Waals surface area (Å²) in [6.07, 6.45) is 1.44. The molecule has 2 atom stereocenters. The van der Waals surface area contributed by atoms with Crippen molar-refractivity contribution in [3.8, 4) is 0 Å². The Morgan fingerprint density at radius 2 is 2.26 bits per heavy atom. The molecule has 0 amide bonds. The predicted octanol–water partition coefficient (Wildman–Crippen LogP) is 0.947. The molecule has 1 aromatic rings. The van der Waals surface area contributed by atoms with Crippen LogP contribution in [0.3, 0.4) is 0 Å². The van der Waals surface area contributed by atoms with Gasteiger partial charge >= 0.3 is 0 Å². The molecule has 0 aliphatic carbocycles. The molecule has 7 heteroatoms. The standard InChI is InChI=1S/C12H20ClN3O2S/c1-8-10(12(13)16(3)15-8)6-11(14-2)9-4-5-19(17,18)7-9/h9,11,14H,4-7H2,1-3H3. The predicted molar refractivity (Wildman–Crippen MR) is 76.3 cm³/mol. The van der Waals surface area contributed by atoms with E-state index in [1.54, 1.807) is 4.68 Å². The Kier molecular flexibility index (Phi) is 4.23. The molecule has 108 valence electrons. The average molecular weight is 306 g/mol. The molecular formula is C12H20ClN3O2S. The van der Waals surface area contributed by atoms with Gasteiger partial charge in [-0.2, -0.15) is 5.10 Å². The first-order valence-electron chi connectivity index (χ1n) is 6.39. The van der Waals surface area contributed by atoms with Crippen LogP contribution in [-0.2, 0) is 23.3 Å². The van der Waals surface area contributed by atoms with E-state index in [-0.39, 0.29) is 17.7 Å². The molecule has 1 saturated heterocycles. The molecule has 0 bridgehead atoms. The molecular weight excluding hydrogens is 286 g/mol. The van der Waals surface area contributed by atoms with Gasteiger partial charge in [-0.25, -0.2) is 8.42 Å². The van der Waals surface area contributed by atoms with Gasteiger partial charge in [0, 0.05) is 18.7 Å². The zero-order chi connectivity index (χ0) is 14.2. The minimum atomic E-state index is -2.85. The molecule has 1 aliphatic rings. The van der Waals surface area contributed by atoms with Crippen LogP contribution in [0.25, 0.3) is 0 Å². The molecule has 1 fully saturated rings. The summed E-state index contributed by atoms with van der Waals surface area (Å²) in [7, 11) is 0.831. The van der Waals surface area contributed by atoms with Crippen molar-refractivity contribution in [2.45, 2.75) is 25.8 Å². The van der Waals surface area contributed by atoms with Crippen molar-refractivity contribution in [1.82, 2.24) is 15.1 Å². The van der Waals surface area contributed by atoms with Crippen LogP contribution in [0.4, 0.5) is 0 Å². The fourth-order valence-corrected chi connectivity index (χ4v) is 4.90. The Morgan fingerprint density at radius 3 is 2.68 bits per heavy atom. The summed E-state index contributed by atoms with van der Waals surface area (Å²) in [5.74, 6) is 0.732. The summed E-state index contributed by atoms with van der Waals surface area (Å²) in [6.45, 7) is 1.93. The Bertz CT molecular complexity index is 568. The van der Waals surface area contributed by atoms with E-state index < -0.39 is 9.84 Å². The van der Waals surface area contributed by atoms with E-state index in [1.165, 1.54) is 0 Å². The Morgan fingerprint density at radius 1 is 1.58 bits per heavy atom. The van der Waals surface area contributed by atoms with Gasteiger partial charge in [0.2, 0.25) is 0 Å². The highest BCUT2D eigenvalue weighted by Gasteiger charge is 2.33. The second kappa shape index (κ2) is 5.42. The van der Waals surface area contributed by atoms with Gasteiger partial charge in [-0.05, 0) is 32.7 Å². The van der Waals surface area contributed by atoms with Crippen LogP contribution >= 0.6 is 11.6 Å². The van der Waals surface area contributed by atoms with Crippen LogP contribution < -0.4 is 5.32 Å². The van der Waals surface area contributed by atoms with E-state index in [4.69, 9.17) is 11.6 Å². The van der Waals surface area contributed by atoms with Crippen LogP contribution in [0, 0.1) is 12.8 Å². The average Bonchev–Trinajstić information content (AvgIpc) is 2.79. The van der Waals surface area contributed by atoms with Gasteiger partial charge in [-0.3, -0.25) is 4.68 Å². The van der Waals surface area contributed by atoms with E-state index in [1.807, 2.05) is 21.0 Å². The Hall–Kier alpha value is -0.590. The first-order chi connectivity index (χ1) is 8.84. The molecule has 1 aromatic heterocycles. The maximum absolute atomic E-state index is 11.6. The Labute approximate surface area is 119 Å². The number of aromatic nitrogens is 2. The van der Waals surface area contributed by atoms with Crippen molar-refractivity contribution in [2.75, 3.05) is 18.6 Å². The third-order valence-electron chi connectivity index (χ3n) is 3.90. The lowest BCUT2D eigenvalue weighted by Gasteiger charge is -2.22. The van der Waals surface area contributed by atoms with Gasteiger partial charge in [0.15, 0.2) is 9.84 Å². The molecule has 2 unspecified atom stereocenters. The smallest absolute Gasteiger partial charge is 0.150 e. The van der Waals surface area contributed by atoms with E-state index in [0.29, 0.717) is 10.9 Å². The lowest BCUT2D eigenvalue weighted by atomic mass is 9.93. The monoisotopic (exact) mass is 305 g/mol. The molecule has 1 aliphatic heterocycles. The van der Waals surface area contributed by atoms with E-state index >= 15 is 0 Å². The van der Waals surface area contributed by atoms with Crippen molar-refractivity contribution >= 4 is 21.4 Å². The van der Waals surface area contributed by atoms with Gasteiger partial charge in [-0.15, -0.1) is 0 Å². The summed E-state index contributed by atoms with van der Waals surface area (Å²) in [5.41, 5.74) is 1.92. The van der Waals surface area contributed by atoms with Crippen molar-refractivity contribution in [3.05, 3.63) is 16.4 Å². The minimum Gasteiger partial charge on any atom is -0.316 e. The fraction of sp³-hybridized carbons (Fsp3) is 0.750. The van der Waals surface area contributed by atoms with Gasteiger partial charge in [0.05, 0.1) is 17.2 Å². The minimum absolute atomic E-state index is 0.123. The third-order valence-corrected chi connectivity index (χ3v) is 6.17. The molecule has 1 N–H and O–H groups in total. The van der Waals surface area contributed by atoms with Gasteiger partial charge in [0.25, 0.3) is 0 Å². The highest BCUT2D eigenvalue weighted by Crippen LogP contribution is 2.27. The SMILES string of the molecule is CNC(Cc1c(C)nn(C)c1Cl)C1CCS(=O)(=O)C1. The van der Waals surface area contributed by atoms with Crippen LogP contribution in [-0.4, -0.2) is 42.8 Å². The second-order valence-corrected chi connectivity index (χ2v) is 7.83. The largest absolute Gasteiger partial charge is 0.316 e. The first kappa shape index (κ1) is 14.8. The highest BCUT2D eigenvalue weighted by atomic mass is 35.5. The normalized spacial score (nSPS) is 23.7. The molecule has 0 saturated carbocycles. The highest BCUT2D eigenvalue weighted by molar-refractivity contribution is 7.91. The zero-order valence-electron chi connectivity index (χ0n) is 11.5. The number of sulfone groups is 1. The van der Waals surface area contributed by atoms with E-state index in [9.17, 15) is 8.42 Å². The van der Waals surface area contributed by atoms with Crippen LogP contribution in [0.1, 0.15) is 17.7 Å². The van der Waals surface area contributed by atoms with Crippen LogP contribution in [0.2, 0.25) is 5.15 Å². The number of hydrogen-bond acceptors (Lipinski definition) is 4. The molecule has 5 nitrogen and oxygen atoms in total. The fourth-order valence-electron chi connectivity index (χ4n) is 2.77. The Balaban J connectivity index is 2.16. The summed E-state index contributed by atoms with van der Waals surface area (Å²) < 4.78 is 24.8. The quantitative estimate of drug-likeness (QED) is 0.899. The van der Waals surface area contributed by atoms with E-state index in [0.717, 1.165) is 24.1 Å². The number of nitrogens with one attached hydrogen (secondary N) is 1. The van der Waals surface area contributed by atoms with Gasteiger partial charge in [-0.1, -0.05) is 11.6 Å². The summed E-state index contributed by atoms with van der Waals surface area (Å²) in [4.78, 5) is 0. The second-order valence-electron chi connectivity index (χ2n) is 5.24. The number of halogens is 1. The van der Waals surface area contributed by atoms with E-state index in [2.05, 4.69) is 10.4 Å². The maximum atomic E-state index is 11.6. The first-order valence-corrected chi connectivity index (χ1v) is 8.59. The summed E-state index contributed by atoms with van der Waals surface area (Å²) >= 11 is 6.23. The number of aryl methyl sites for hydroxylation is 2. The molecule has 0 spiro atoms. The molecule has 0 aromatic carbocycles.